The molecule has 1 aliphatic heterocycles. The van der Waals surface area contributed by atoms with Crippen LogP contribution in [0.3, 0.4) is 0 Å². The molecule has 23 heavy (non-hydrogen) atoms. The molecule has 0 saturated heterocycles. The molecule has 1 aliphatic rings. The molecule has 0 bridgehead atoms. The van der Waals surface area contributed by atoms with Gasteiger partial charge in [0.1, 0.15) is 10.8 Å². The molecule has 0 amide bonds. The number of cyclic esters (lactones) is 1. The zero-order chi connectivity index (χ0) is 17.1. The van der Waals surface area contributed by atoms with Gasteiger partial charge in [0, 0.05) is 12.1 Å². The van der Waals surface area contributed by atoms with E-state index in [4.69, 9.17) is 16.3 Å². The van der Waals surface area contributed by atoms with Crippen molar-refractivity contribution in [2.45, 2.75) is 6.92 Å². The zero-order valence-electron chi connectivity index (χ0n) is 11.8. The van der Waals surface area contributed by atoms with Crippen LogP contribution in [0.4, 0.5) is 5.69 Å². The molecule has 8 heteroatoms. The second kappa shape index (κ2) is 6.53. The normalized spacial score (nSPS) is 17.8. The summed E-state index contributed by atoms with van der Waals surface area (Å²) >= 11 is 5.68. The molecule has 2 rings (SSSR count). The number of hydrogen-bond donors (Lipinski definition) is 0. The Labute approximate surface area is 135 Å². The van der Waals surface area contributed by atoms with E-state index >= 15 is 0 Å². The highest BCUT2D eigenvalue weighted by Gasteiger charge is 2.36. The Morgan fingerprint density at radius 2 is 2.09 bits per heavy atom. The number of esters is 1. The van der Waals surface area contributed by atoms with Gasteiger partial charge in [-0.2, -0.15) is 0 Å². The maximum absolute atomic E-state index is 12.0. The molecule has 118 valence electrons. The number of carbonyl (C=O) groups excluding carboxylic acids is 3. The first-order chi connectivity index (χ1) is 10.8. The molecular weight excluding hydrogens is 326 g/mol. The number of ether oxygens (including phenoxy) is 1. The number of nitro groups is 1. The van der Waals surface area contributed by atoms with Crippen LogP contribution in [-0.2, 0) is 19.1 Å². The number of nitrogens with zero attached hydrogens (tertiary/aromatic N) is 1. The summed E-state index contributed by atoms with van der Waals surface area (Å²) in [6, 6.07) is 3.96. The fourth-order valence-electron chi connectivity index (χ4n) is 1.95. The summed E-state index contributed by atoms with van der Waals surface area (Å²) in [6.07, 6.45) is 3.34. The van der Waals surface area contributed by atoms with E-state index in [-0.39, 0.29) is 16.5 Å². The molecule has 0 saturated carbocycles. The Bertz CT molecular complexity index is 780. The van der Waals surface area contributed by atoms with Crippen LogP contribution in [-0.4, -0.2) is 22.5 Å². The summed E-state index contributed by atoms with van der Waals surface area (Å²) in [6.45, 7) is 1.43. The number of carbonyl (C=O) groups is 3. The Kier molecular flexibility index (Phi) is 4.71. The van der Waals surface area contributed by atoms with Gasteiger partial charge in [-0.05, 0) is 24.6 Å². The molecule has 0 N–H and O–H groups in total. The number of ketones is 2. The predicted octanol–water partition coefficient (Wildman–Crippen LogP) is 2.48. The first kappa shape index (κ1) is 16.6. The first-order valence-corrected chi connectivity index (χ1v) is 6.77. The average Bonchev–Trinajstić information content (AvgIpc) is 2.45. The molecule has 0 aromatic heterocycles. The van der Waals surface area contributed by atoms with E-state index in [2.05, 4.69) is 0 Å². The largest absolute Gasteiger partial charge is 0.430 e. The summed E-state index contributed by atoms with van der Waals surface area (Å²) in [5.74, 6) is -3.78. The Morgan fingerprint density at radius 1 is 1.39 bits per heavy atom. The molecule has 0 aliphatic carbocycles. The topological polar surface area (TPSA) is 104 Å². The van der Waals surface area contributed by atoms with E-state index < -0.39 is 28.4 Å². The lowest BCUT2D eigenvalue weighted by Gasteiger charge is -2.15. The summed E-state index contributed by atoms with van der Waals surface area (Å²) in [7, 11) is 0. The lowest BCUT2D eigenvalue weighted by Crippen LogP contribution is -2.34. The third-order valence-electron chi connectivity index (χ3n) is 3.02. The highest BCUT2D eigenvalue weighted by Crippen LogP contribution is 2.25. The van der Waals surface area contributed by atoms with Gasteiger partial charge >= 0.3 is 5.97 Å². The van der Waals surface area contributed by atoms with E-state index in [0.29, 0.717) is 5.56 Å². The van der Waals surface area contributed by atoms with Gasteiger partial charge in [0.05, 0.1) is 4.92 Å². The molecule has 1 aromatic carbocycles. The van der Waals surface area contributed by atoms with Gasteiger partial charge in [0.2, 0.25) is 0 Å². The summed E-state index contributed by atoms with van der Waals surface area (Å²) in [5, 5.41) is 10.8. The predicted molar refractivity (Wildman–Crippen MR) is 80.5 cm³/mol. The first-order valence-electron chi connectivity index (χ1n) is 6.39. The molecule has 0 spiro atoms. The van der Waals surface area contributed by atoms with Gasteiger partial charge in [-0.3, -0.25) is 24.5 Å². The van der Waals surface area contributed by atoms with E-state index in [1.807, 2.05) is 0 Å². The lowest BCUT2D eigenvalue weighted by atomic mass is 9.96. The molecule has 0 fully saturated rings. The minimum atomic E-state index is -1.54. The van der Waals surface area contributed by atoms with Crippen molar-refractivity contribution in [1.82, 2.24) is 0 Å². The highest BCUT2D eigenvalue weighted by molar-refractivity contribution is 6.32. The molecule has 0 radical (unpaired) electrons. The molecular formula is C15H10ClNO6. The van der Waals surface area contributed by atoms with Crippen LogP contribution in [0.2, 0.25) is 5.02 Å². The number of halogens is 1. The van der Waals surface area contributed by atoms with Crippen molar-refractivity contribution in [2.75, 3.05) is 0 Å². The number of benzene rings is 1. The quantitative estimate of drug-likeness (QED) is 0.275. The number of hydrogen-bond acceptors (Lipinski definition) is 6. The van der Waals surface area contributed by atoms with Crippen LogP contribution in [0.25, 0.3) is 6.08 Å². The smallest absolute Gasteiger partial charge is 0.329 e. The minimum Gasteiger partial charge on any atom is -0.430 e. The molecule has 7 nitrogen and oxygen atoms in total. The van der Waals surface area contributed by atoms with Gasteiger partial charge in [0.25, 0.3) is 5.69 Å². The fourth-order valence-corrected chi connectivity index (χ4v) is 2.14. The molecule has 1 aromatic rings. The number of allylic oxidation sites excluding steroid dienone is 3. The van der Waals surface area contributed by atoms with Gasteiger partial charge < -0.3 is 4.74 Å². The van der Waals surface area contributed by atoms with Crippen molar-refractivity contribution >= 4 is 40.9 Å². The fraction of sp³-hybridized carbons (Fsp3) is 0.133. The van der Waals surface area contributed by atoms with E-state index in [9.17, 15) is 24.5 Å². The second-order valence-corrected chi connectivity index (χ2v) is 5.12. The van der Waals surface area contributed by atoms with Gasteiger partial charge in [-0.15, -0.1) is 0 Å². The van der Waals surface area contributed by atoms with Crippen LogP contribution >= 0.6 is 11.6 Å². The van der Waals surface area contributed by atoms with Crippen LogP contribution in [0.5, 0.6) is 0 Å². The van der Waals surface area contributed by atoms with Crippen molar-refractivity contribution in [3.05, 3.63) is 56.8 Å². The third kappa shape index (κ3) is 3.70. The van der Waals surface area contributed by atoms with Crippen LogP contribution in [0.15, 0.2) is 36.1 Å². The molecule has 1 unspecified atom stereocenters. The third-order valence-corrected chi connectivity index (χ3v) is 3.34. The van der Waals surface area contributed by atoms with Crippen LogP contribution in [0.1, 0.15) is 12.5 Å². The highest BCUT2D eigenvalue weighted by atomic mass is 35.5. The Balaban J connectivity index is 2.22. The SMILES string of the molecule is CC1=CC(=O)C(C(=O)/C=C/c2ccc(Cl)c([N+](=O)[O-])c2)C(=O)O1. The van der Waals surface area contributed by atoms with Gasteiger partial charge in [-0.25, -0.2) is 0 Å². The maximum atomic E-state index is 12.0. The van der Waals surface area contributed by atoms with E-state index in [1.165, 1.54) is 31.2 Å². The van der Waals surface area contributed by atoms with E-state index in [1.54, 1.807) is 0 Å². The van der Waals surface area contributed by atoms with E-state index in [0.717, 1.165) is 12.2 Å². The van der Waals surface area contributed by atoms with Crippen molar-refractivity contribution in [2.24, 2.45) is 5.92 Å². The van der Waals surface area contributed by atoms with Crippen molar-refractivity contribution < 1.29 is 24.0 Å². The molecule has 1 atom stereocenters. The summed E-state index contributed by atoms with van der Waals surface area (Å²) < 4.78 is 4.75. The van der Waals surface area contributed by atoms with Crippen LogP contribution in [0, 0.1) is 16.0 Å². The minimum absolute atomic E-state index is 0.0369. The standard InChI is InChI=1S/C15H10ClNO6/c1-8-6-13(19)14(15(20)23-8)12(18)5-3-9-2-4-10(16)11(7-9)17(21)22/h2-7,14H,1H3/b5-3+. The Morgan fingerprint density at radius 3 is 2.70 bits per heavy atom. The van der Waals surface area contributed by atoms with Crippen molar-refractivity contribution in [3.63, 3.8) is 0 Å². The van der Waals surface area contributed by atoms with Crippen LogP contribution < -0.4 is 0 Å². The molecule has 1 heterocycles. The average molecular weight is 336 g/mol. The van der Waals surface area contributed by atoms with Crippen molar-refractivity contribution in [1.29, 1.82) is 0 Å². The summed E-state index contributed by atoms with van der Waals surface area (Å²) in [5.41, 5.74) is 0.0192. The summed E-state index contributed by atoms with van der Waals surface area (Å²) in [4.78, 5) is 45.5. The second-order valence-electron chi connectivity index (χ2n) is 4.72. The number of rotatable bonds is 4. The zero-order valence-corrected chi connectivity index (χ0v) is 12.6. The van der Waals surface area contributed by atoms with Gasteiger partial charge in [0.15, 0.2) is 17.5 Å². The lowest BCUT2D eigenvalue weighted by molar-refractivity contribution is -0.384. The number of nitro benzene ring substituents is 1. The van der Waals surface area contributed by atoms with Gasteiger partial charge in [-0.1, -0.05) is 23.7 Å². The van der Waals surface area contributed by atoms with Crippen molar-refractivity contribution in [3.8, 4) is 0 Å². The Hall–Kier alpha value is -2.80. The monoisotopic (exact) mass is 335 g/mol. The maximum Gasteiger partial charge on any atom is 0.329 e.